The second kappa shape index (κ2) is 5.87. The number of para-hydroxylation sites is 2. The van der Waals surface area contributed by atoms with E-state index in [9.17, 15) is 4.79 Å². The van der Waals surface area contributed by atoms with Gasteiger partial charge in [0.15, 0.2) is 5.16 Å². The number of carbonyl (C=O) groups excluding carboxylic acids is 1. The first-order valence-corrected chi connectivity index (χ1v) is 6.81. The summed E-state index contributed by atoms with van der Waals surface area (Å²) in [5.41, 5.74) is 2.09. The van der Waals surface area contributed by atoms with Gasteiger partial charge in [-0.1, -0.05) is 23.9 Å². The van der Waals surface area contributed by atoms with Crippen LogP contribution in [-0.2, 0) is 4.79 Å². The van der Waals surface area contributed by atoms with Gasteiger partial charge in [-0.15, -0.1) is 0 Å². The van der Waals surface area contributed by atoms with Crippen LogP contribution in [0.4, 0.5) is 0 Å². The van der Waals surface area contributed by atoms with Gasteiger partial charge in [0, 0.05) is 12.2 Å². The molecule has 1 aromatic carbocycles. The highest BCUT2D eigenvalue weighted by Crippen LogP contribution is 2.20. The van der Waals surface area contributed by atoms with Gasteiger partial charge in [0.05, 0.1) is 11.0 Å². The molecule has 1 heterocycles. The molecule has 4 heteroatoms. The third kappa shape index (κ3) is 3.60. The van der Waals surface area contributed by atoms with Crippen LogP contribution in [0, 0.1) is 0 Å². The predicted octanol–water partition coefficient (Wildman–Crippen LogP) is 3.41. The molecule has 1 N–H and O–H groups in total. The molecule has 0 bridgehead atoms. The molecule has 3 nitrogen and oxygen atoms in total. The lowest BCUT2D eigenvalue weighted by atomic mass is 10.2. The number of thioether (sulfide) groups is 1. The number of H-pyrrole nitrogens is 1. The Kier molecular flexibility index (Phi) is 4.20. The number of unbranched alkanes of at least 4 members (excludes halogenated alkanes) is 1. The fourth-order valence-electron chi connectivity index (χ4n) is 1.64. The summed E-state index contributed by atoms with van der Waals surface area (Å²) >= 11 is 1.72. The van der Waals surface area contributed by atoms with E-state index in [0.717, 1.165) is 34.8 Å². The highest BCUT2D eigenvalue weighted by atomic mass is 32.2. The molecule has 0 aliphatic heterocycles. The molecule has 0 saturated carbocycles. The fraction of sp³-hybridized carbons (Fsp3) is 0.385. The van der Waals surface area contributed by atoms with Gasteiger partial charge in [0.1, 0.15) is 5.78 Å². The molecule has 0 atom stereocenters. The van der Waals surface area contributed by atoms with E-state index in [1.165, 1.54) is 0 Å². The van der Waals surface area contributed by atoms with Gasteiger partial charge in [-0.25, -0.2) is 4.98 Å². The molecule has 1 aromatic heterocycles. The zero-order valence-corrected chi connectivity index (χ0v) is 10.7. The van der Waals surface area contributed by atoms with E-state index in [1.807, 2.05) is 24.3 Å². The molecule has 0 aliphatic rings. The average Bonchev–Trinajstić information content (AvgIpc) is 2.70. The summed E-state index contributed by atoms with van der Waals surface area (Å²) < 4.78 is 0. The smallest absolute Gasteiger partial charge is 0.166 e. The quantitative estimate of drug-likeness (QED) is 0.629. The highest BCUT2D eigenvalue weighted by Gasteiger charge is 2.02. The number of Topliss-reactive ketones (excluding diaryl/α,β-unsaturated/α-hetero) is 1. The topological polar surface area (TPSA) is 45.8 Å². The number of aromatic nitrogens is 2. The first kappa shape index (κ1) is 12.2. The predicted molar refractivity (Wildman–Crippen MR) is 71.3 cm³/mol. The summed E-state index contributed by atoms with van der Waals surface area (Å²) in [6.45, 7) is 1.65. The number of nitrogens with zero attached hydrogens (tertiary/aromatic N) is 1. The zero-order valence-electron chi connectivity index (χ0n) is 9.90. The maximum Gasteiger partial charge on any atom is 0.166 e. The number of fused-ring (bicyclic) bond motifs is 1. The van der Waals surface area contributed by atoms with E-state index >= 15 is 0 Å². The number of benzene rings is 1. The van der Waals surface area contributed by atoms with Crippen LogP contribution in [0.25, 0.3) is 11.0 Å². The number of carbonyl (C=O) groups is 1. The van der Waals surface area contributed by atoms with Crippen molar-refractivity contribution in [1.29, 1.82) is 0 Å². The van der Waals surface area contributed by atoms with Gasteiger partial charge >= 0.3 is 0 Å². The van der Waals surface area contributed by atoms with Crippen molar-refractivity contribution in [2.75, 3.05) is 5.75 Å². The van der Waals surface area contributed by atoms with Gasteiger partial charge in [-0.3, -0.25) is 0 Å². The molecule has 0 saturated heterocycles. The Labute approximate surface area is 105 Å². The van der Waals surface area contributed by atoms with Crippen molar-refractivity contribution in [2.45, 2.75) is 31.3 Å². The summed E-state index contributed by atoms with van der Waals surface area (Å²) in [6, 6.07) is 8.03. The minimum Gasteiger partial charge on any atom is -0.333 e. The number of rotatable bonds is 6. The van der Waals surface area contributed by atoms with Crippen LogP contribution in [0.15, 0.2) is 29.4 Å². The number of hydrogen-bond donors (Lipinski definition) is 1. The Balaban J connectivity index is 1.81. The van der Waals surface area contributed by atoms with Crippen molar-refractivity contribution >= 4 is 28.6 Å². The van der Waals surface area contributed by atoms with Crippen LogP contribution in [0.1, 0.15) is 26.2 Å². The highest BCUT2D eigenvalue weighted by molar-refractivity contribution is 7.99. The molecule has 0 amide bonds. The maximum absolute atomic E-state index is 10.8. The number of nitrogens with one attached hydrogen (secondary N) is 1. The Morgan fingerprint density at radius 3 is 2.94 bits per heavy atom. The average molecular weight is 248 g/mol. The molecular weight excluding hydrogens is 232 g/mol. The van der Waals surface area contributed by atoms with Crippen molar-refractivity contribution in [3.05, 3.63) is 24.3 Å². The molecule has 0 unspecified atom stereocenters. The van der Waals surface area contributed by atoms with E-state index in [1.54, 1.807) is 18.7 Å². The molecule has 2 aromatic rings. The summed E-state index contributed by atoms with van der Waals surface area (Å²) in [7, 11) is 0. The van der Waals surface area contributed by atoms with Gasteiger partial charge in [0.2, 0.25) is 0 Å². The molecule has 0 radical (unpaired) electrons. The van der Waals surface area contributed by atoms with Gasteiger partial charge in [-0.2, -0.15) is 0 Å². The lowest BCUT2D eigenvalue weighted by Gasteiger charge is -1.96. The van der Waals surface area contributed by atoms with Gasteiger partial charge in [-0.05, 0) is 31.9 Å². The SMILES string of the molecule is CC(=O)CCCCSc1nc2ccccc2[nH]1. The van der Waals surface area contributed by atoms with Crippen molar-refractivity contribution in [1.82, 2.24) is 9.97 Å². The second-order valence-electron chi connectivity index (χ2n) is 4.07. The van der Waals surface area contributed by atoms with Gasteiger partial charge < -0.3 is 9.78 Å². The van der Waals surface area contributed by atoms with Crippen LogP contribution >= 0.6 is 11.8 Å². The molecule has 0 fully saturated rings. The lowest BCUT2D eigenvalue weighted by Crippen LogP contribution is -1.90. The molecule has 90 valence electrons. The first-order valence-electron chi connectivity index (χ1n) is 5.83. The largest absolute Gasteiger partial charge is 0.333 e. The van der Waals surface area contributed by atoms with Crippen LogP contribution in [-0.4, -0.2) is 21.5 Å². The first-order chi connectivity index (χ1) is 8.25. The Morgan fingerprint density at radius 2 is 2.18 bits per heavy atom. The number of ketones is 1. The number of imidazole rings is 1. The standard InChI is InChI=1S/C13H16N2OS/c1-10(16)6-4-5-9-17-13-14-11-7-2-3-8-12(11)15-13/h2-3,7-8H,4-6,9H2,1H3,(H,14,15). The normalized spacial score (nSPS) is 10.9. The minimum atomic E-state index is 0.277. The van der Waals surface area contributed by atoms with E-state index in [2.05, 4.69) is 9.97 Å². The number of hydrogen-bond acceptors (Lipinski definition) is 3. The molecule has 0 spiro atoms. The Hall–Kier alpha value is -1.29. The zero-order chi connectivity index (χ0) is 12.1. The fourth-order valence-corrected chi connectivity index (χ4v) is 2.53. The number of aromatic amines is 1. The maximum atomic E-state index is 10.8. The summed E-state index contributed by atoms with van der Waals surface area (Å²) in [4.78, 5) is 18.5. The second-order valence-corrected chi connectivity index (χ2v) is 5.15. The van der Waals surface area contributed by atoms with Crippen LogP contribution in [0.2, 0.25) is 0 Å². The molecular formula is C13H16N2OS. The Bertz CT molecular complexity index is 474. The van der Waals surface area contributed by atoms with Crippen molar-refractivity contribution < 1.29 is 4.79 Å². The van der Waals surface area contributed by atoms with E-state index in [4.69, 9.17) is 0 Å². The van der Waals surface area contributed by atoms with Crippen molar-refractivity contribution in [3.63, 3.8) is 0 Å². The third-order valence-electron chi connectivity index (χ3n) is 2.53. The summed E-state index contributed by atoms with van der Waals surface area (Å²) in [6.07, 6.45) is 2.73. The van der Waals surface area contributed by atoms with Gasteiger partial charge in [0.25, 0.3) is 0 Å². The molecule has 2 rings (SSSR count). The minimum absolute atomic E-state index is 0.277. The van der Waals surface area contributed by atoms with E-state index in [-0.39, 0.29) is 5.78 Å². The van der Waals surface area contributed by atoms with Crippen molar-refractivity contribution in [3.8, 4) is 0 Å². The van der Waals surface area contributed by atoms with E-state index in [0.29, 0.717) is 6.42 Å². The van der Waals surface area contributed by atoms with Crippen LogP contribution in [0.5, 0.6) is 0 Å². The van der Waals surface area contributed by atoms with E-state index < -0.39 is 0 Å². The monoisotopic (exact) mass is 248 g/mol. The van der Waals surface area contributed by atoms with Crippen LogP contribution < -0.4 is 0 Å². The summed E-state index contributed by atoms with van der Waals surface area (Å²) in [5.74, 6) is 1.28. The van der Waals surface area contributed by atoms with Crippen molar-refractivity contribution in [2.24, 2.45) is 0 Å². The lowest BCUT2D eigenvalue weighted by molar-refractivity contribution is -0.117. The van der Waals surface area contributed by atoms with Crippen LogP contribution in [0.3, 0.4) is 0 Å². The molecule has 17 heavy (non-hydrogen) atoms. The third-order valence-corrected chi connectivity index (χ3v) is 3.49. The molecule has 0 aliphatic carbocycles. The summed E-state index contributed by atoms with van der Waals surface area (Å²) in [5, 5.41) is 0.967. The Morgan fingerprint density at radius 1 is 1.35 bits per heavy atom.